The smallest absolute Gasteiger partial charge is 0.123 e. The summed E-state index contributed by atoms with van der Waals surface area (Å²) in [5.74, 6) is -0.196. The molecule has 0 bridgehead atoms. The Bertz CT molecular complexity index is 556. The average molecular weight is 343 g/mol. The summed E-state index contributed by atoms with van der Waals surface area (Å²) in [5, 5.41) is 6.45. The van der Waals surface area contributed by atoms with E-state index in [0.717, 1.165) is 33.6 Å². The number of rotatable bonds is 5. The summed E-state index contributed by atoms with van der Waals surface area (Å²) in [7, 11) is 1.93. The number of nitrogens with one attached hydrogen (secondary N) is 1. The molecule has 1 N–H and O–H groups in total. The molecule has 1 aromatic carbocycles. The molecule has 1 heterocycles. The number of hydrogen-bond donors (Lipinski definition) is 1. The molecule has 0 aliphatic heterocycles. The third-order valence-corrected chi connectivity index (χ3v) is 4.73. The van der Waals surface area contributed by atoms with Crippen molar-refractivity contribution in [2.45, 2.75) is 25.8 Å². The zero-order valence-corrected chi connectivity index (χ0v) is 13.3. The zero-order chi connectivity index (χ0) is 13.8. The summed E-state index contributed by atoms with van der Waals surface area (Å²) in [5.41, 5.74) is 2.04. The van der Waals surface area contributed by atoms with Crippen LogP contribution in [0.3, 0.4) is 0 Å². The molecule has 0 aliphatic carbocycles. The largest absolute Gasteiger partial charge is 0.316 e. The molecule has 0 saturated heterocycles. The van der Waals surface area contributed by atoms with Gasteiger partial charge in [0.25, 0.3) is 0 Å². The highest BCUT2D eigenvalue weighted by molar-refractivity contribution is 9.10. The van der Waals surface area contributed by atoms with Gasteiger partial charge in [0.2, 0.25) is 0 Å². The topological polar surface area (TPSA) is 24.9 Å². The van der Waals surface area contributed by atoms with E-state index in [0.29, 0.717) is 0 Å². The van der Waals surface area contributed by atoms with Gasteiger partial charge in [-0.05, 0) is 44.2 Å². The second kappa shape index (κ2) is 6.59. The fourth-order valence-corrected chi connectivity index (χ4v) is 3.21. The molecular weight excluding hydrogens is 327 g/mol. The van der Waals surface area contributed by atoms with Crippen LogP contribution in [0.1, 0.15) is 16.3 Å². The molecule has 0 saturated carbocycles. The van der Waals surface area contributed by atoms with Crippen LogP contribution in [-0.2, 0) is 12.8 Å². The van der Waals surface area contributed by atoms with Gasteiger partial charge in [0.15, 0.2) is 0 Å². The second-order valence-corrected chi connectivity index (χ2v) is 6.31. The van der Waals surface area contributed by atoms with Crippen LogP contribution in [0.4, 0.5) is 4.39 Å². The Hall–Kier alpha value is -0.780. The molecule has 0 fully saturated rings. The minimum Gasteiger partial charge on any atom is -0.316 e. The summed E-state index contributed by atoms with van der Waals surface area (Å²) in [6.45, 7) is 2.00. The van der Waals surface area contributed by atoms with E-state index in [2.05, 4.69) is 31.6 Å². The van der Waals surface area contributed by atoms with E-state index in [4.69, 9.17) is 0 Å². The van der Waals surface area contributed by atoms with Crippen molar-refractivity contribution in [1.82, 2.24) is 10.3 Å². The van der Waals surface area contributed by atoms with Gasteiger partial charge in [0.05, 0.1) is 5.01 Å². The number of aryl methyl sites for hydroxylation is 1. The van der Waals surface area contributed by atoms with E-state index >= 15 is 0 Å². The third kappa shape index (κ3) is 4.09. The van der Waals surface area contributed by atoms with Gasteiger partial charge in [-0.2, -0.15) is 0 Å². The number of likely N-dealkylation sites (N-methyl/N-ethyl adjacent to an activating group) is 1. The lowest BCUT2D eigenvalue weighted by atomic mass is 10.0. The molecule has 5 heteroatoms. The molecule has 2 nitrogen and oxygen atoms in total. The van der Waals surface area contributed by atoms with Crippen LogP contribution in [-0.4, -0.2) is 18.1 Å². The second-order valence-electron chi connectivity index (χ2n) is 4.51. The number of nitrogens with zero attached hydrogens (tertiary/aromatic N) is 1. The first-order chi connectivity index (χ1) is 9.08. The van der Waals surface area contributed by atoms with E-state index in [1.165, 1.54) is 6.07 Å². The van der Waals surface area contributed by atoms with Crippen LogP contribution in [0.25, 0.3) is 0 Å². The minimum atomic E-state index is -0.196. The number of benzene rings is 1. The Balaban J connectivity index is 2.08. The molecule has 0 aliphatic rings. The first kappa shape index (κ1) is 14.6. The zero-order valence-electron chi connectivity index (χ0n) is 10.9. The fourth-order valence-electron chi connectivity index (χ4n) is 1.95. The number of halogens is 2. The standard InChI is InChI=1S/C14H16BrFN2S/c1-9-8-19-14(18-9)7-12(17-2)6-10-5-11(16)3-4-13(10)15/h3-5,8,12,17H,6-7H2,1-2H3. The highest BCUT2D eigenvalue weighted by Crippen LogP contribution is 2.21. The maximum atomic E-state index is 13.3. The Morgan fingerprint density at radius 1 is 1.42 bits per heavy atom. The van der Waals surface area contributed by atoms with Crippen molar-refractivity contribution < 1.29 is 4.39 Å². The first-order valence-electron chi connectivity index (χ1n) is 6.10. The van der Waals surface area contributed by atoms with Crippen molar-refractivity contribution in [3.8, 4) is 0 Å². The van der Waals surface area contributed by atoms with Gasteiger partial charge in [0.1, 0.15) is 5.82 Å². The Labute approximate surface area is 125 Å². The van der Waals surface area contributed by atoms with Crippen LogP contribution < -0.4 is 5.32 Å². The molecule has 2 aromatic rings. The molecule has 19 heavy (non-hydrogen) atoms. The van der Waals surface area contributed by atoms with Gasteiger partial charge in [-0.25, -0.2) is 9.37 Å². The van der Waals surface area contributed by atoms with Crippen LogP contribution in [0.5, 0.6) is 0 Å². The van der Waals surface area contributed by atoms with Crippen molar-refractivity contribution in [3.63, 3.8) is 0 Å². The predicted molar refractivity (Wildman–Crippen MR) is 81.2 cm³/mol. The van der Waals surface area contributed by atoms with Gasteiger partial charge in [0, 0.05) is 28.0 Å². The normalized spacial score (nSPS) is 12.6. The first-order valence-corrected chi connectivity index (χ1v) is 7.78. The van der Waals surface area contributed by atoms with E-state index in [9.17, 15) is 4.39 Å². The molecule has 1 atom stereocenters. The number of hydrogen-bond acceptors (Lipinski definition) is 3. The van der Waals surface area contributed by atoms with Crippen molar-refractivity contribution in [2.24, 2.45) is 0 Å². The lowest BCUT2D eigenvalue weighted by Crippen LogP contribution is -2.30. The minimum absolute atomic E-state index is 0.196. The average Bonchev–Trinajstić information content (AvgIpc) is 2.78. The summed E-state index contributed by atoms with van der Waals surface area (Å²) in [6, 6.07) is 5.06. The van der Waals surface area contributed by atoms with E-state index in [1.807, 2.05) is 14.0 Å². The molecule has 0 amide bonds. The SMILES string of the molecule is CNC(Cc1nc(C)cs1)Cc1cc(F)ccc1Br. The predicted octanol–water partition coefficient (Wildman–Crippen LogP) is 3.73. The van der Waals surface area contributed by atoms with Gasteiger partial charge in [-0.1, -0.05) is 15.9 Å². The van der Waals surface area contributed by atoms with Crippen molar-refractivity contribution in [1.29, 1.82) is 0 Å². The van der Waals surface area contributed by atoms with Crippen molar-refractivity contribution in [2.75, 3.05) is 7.05 Å². The highest BCUT2D eigenvalue weighted by atomic mass is 79.9. The van der Waals surface area contributed by atoms with Crippen LogP contribution in [0.15, 0.2) is 28.1 Å². The van der Waals surface area contributed by atoms with Gasteiger partial charge >= 0.3 is 0 Å². The molecule has 1 aromatic heterocycles. The lowest BCUT2D eigenvalue weighted by molar-refractivity contribution is 0.550. The third-order valence-electron chi connectivity index (χ3n) is 2.97. The van der Waals surface area contributed by atoms with Crippen molar-refractivity contribution in [3.05, 3.63) is 50.1 Å². The quantitative estimate of drug-likeness (QED) is 0.895. The molecule has 2 rings (SSSR count). The Kier molecular flexibility index (Phi) is 5.07. The maximum Gasteiger partial charge on any atom is 0.123 e. The van der Waals surface area contributed by atoms with Crippen LogP contribution in [0, 0.1) is 12.7 Å². The van der Waals surface area contributed by atoms with E-state index in [1.54, 1.807) is 23.5 Å². The monoisotopic (exact) mass is 342 g/mol. The lowest BCUT2D eigenvalue weighted by Gasteiger charge is -2.16. The van der Waals surface area contributed by atoms with Gasteiger partial charge in [-0.3, -0.25) is 0 Å². The Morgan fingerprint density at radius 2 is 2.21 bits per heavy atom. The molecule has 1 unspecified atom stereocenters. The summed E-state index contributed by atoms with van der Waals surface area (Å²) < 4.78 is 14.2. The van der Waals surface area contributed by atoms with Crippen LogP contribution >= 0.6 is 27.3 Å². The highest BCUT2D eigenvalue weighted by Gasteiger charge is 2.13. The number of thiazole rings is 1. The fraction of sp³-hybridized carbons (Fsp3) is 0.357. The molecule has 0 spiro atoms. The van der Waals surface area contributed by atoms with Crippen molar-refractivity contribution >= 4 is 27.3 Å². The molecular formula is C14H16BrFN2S. The number of aromatic nitrogens is 1. The summed E-state index contributed by atoms with van der Waals surface area (Å²) in [6.07, 6.45) is 1.63. The van der Waals surface area contributed by atoms with E-state index in [-0.39, 0.29) is 11.9 Å². The van der Waals surface area contributed by atoms with Gasteiger partial charge in [-0.15, -0.1) is 11.3 Å². The van der Waals surface area contributed by atoms with Gasteiger partial charge < -0.3 is 5.32 Å². The summed E-state index contributed by atoms with van der Waals surface area (Å²) >= 11 is 5.14. The summed E-state index contributed by atoms with van der Waals surface area (Å²) in [4.78, 5) is 4.47. The molecule has 0 radical (unpaired) electrons. The van der Waals surface area contributed by atoms with Crippen LogP contribution in [0.2, 0.25) is 0 Å². The van der Waals surface area contributed by atoms with E-state index < -0.39 is 0 Å². The molecule has 102 valence electrons. The maximum absolute atomic E-state index is 13.3. The Morgan fingerprint density at radius 3 is 2.84 bits per heavy atom.